The van der Waals surface area contributed by atoms with Crippen molar-refractivity contribution in [3.8, 4) is 0 Å². The molecule has 1 heterocycles. The first-order valence-corrected chi connectivity index (χ1v) is 5.63. The highest BCUT2D eigenvalue weighted by Crippen LogP contribution is 2.10. The number of hydrogen-bond donors (Lipinski definition) is 1. The summed E-state index contributed by atoms with van der Waals surface area (Å²) in [6.45, 7) is 1.95. The Morgan fingerprint density at radius 3 is 3.08 bits per heavy atom. The zero-order valence-electron chi connectivity index (χ0n) is 6.49. The zero-order valence-corrected chi connectivity index (χ0v) is 8.94. The van der Waals surface area contributed by atoms with Crippen LogP contribution in [0.3, 0.4) is 0 Å². The van der Waals surface area contributed by atoms with Gasteiger partial charge in [0.15, 0.2) is 9.07 Å². The average Bonchev–Trinajstić information content (AvgIpc) is 2.36. The highest BCUT2D eigenvalue weighted by atomic mass is 32.2. The Kier molecular flexibility index (Phi) is 3.90. The molecule has 1 N–H and O–H groups in total. The number of H-pyrrole nitrogens is 1. The average molecular weight is 220 g/mol. The molecule has 3 nitrogen and oxygen atoms in total. The molecule has 6 heteroatoms. The second-order valence-corrected chi connectivity index (χ2v) is 5.06. The number of carbonyl (C=O) groups excluding carboxylic acids is 1. The number of aromatic amines is 1. The minimum atomic E-state index is 0.148. The molecule has 1 rings (SSSR count). The number of thioether (sulfide) groups is 1. The number of hydrogen-bond acceptors (Lipinski definition) is 5. The fourth-order valence-corrected chi connectivity index (χ4v) is 2.26. The molecule has 0 amide bonds. The summed E-state index contributed by atoms with van der Waals surface area (Å²) in [5, 5.41) is 7.45. The standard InChI is InChI=1S/C6H8N2OS3/c1-2-11-5(9)3-4-7-8-6(10)12-4/h2-3H2,1H3,(H,8,10). The Morgan fingerprint density at radius 1 is 1.83 bits per heavy atom. The number of nitrogens with one attached hydrogen (secondary N) is 1. The molecule has 0 saturated carbocycles. The Morgan fingerprint density at radius 2 is 2.58 bits per heavy atom. The topological polar surface area (TPSA) is 45.8 Å². The molecule has 66 valence electrons. The number of nitrogens with zero attached hydrogens (tertiary/aromatic N) is 1. The van der Waals surface area contributed by atoms with Gasteiger partial charge in [0.25, 0.3) is 0 Å². The van der Waals surface area contributed by atoms with E-state index in [1.54, 1.807) is 0 Å². The van der Waals surface area contributed by atoms with Crippen LogP contribution in [0.1, 0.15) is 11.9 Å². The molecule has 0 fully saturated rings. The van der Waals surface area contributed by atoms with Gasteiger partial charge >= 0.3 is 0 Å². The van der Waals surface area contributed by atoms with Gasteiger partial charge in [-0.05, 0) is 18.0 Å². The van der Waals surface area contributed by atoms with E-state index < -0.39 is 0 Å². The van der Waals surface area contributed by atoms with Crippen LogP contribution in [0.25, 0.3) is 0 Å². The monoisotopic (exact) mass is 220 g/mol. The van der Waals surface area contributed by atoms with E-state index in [4.69, 9.17) is 12.2 Å². The van der Waals surface area contributed by atoms with Gasteiger partial charge in [0, 0.05) is 0 Å². The summed E-state index contributed by atoms with van der Waals surface area (Å²) in [6, 6.07) is 0. The summed E-state index contributed by atoms with van der Waals surface area (Å²) in [7, 11) is 0. The molecule has 1 aromatic rings. The lowest BCUT2D eigenvalue weighted by molar-refractivity contribution is -0.110. The summed E-state index contributed by atoms with van der Waals surface area (Å²) in [6.07, 6.45) is 0.385. The summed E-state index contributed by atoms with van der Waals surface area (Å²) in [4.78, 5) is 11.1. The molecule has 0 spiro atoms. The van der Waals surface area contributed by atoms with E-state index in [9.17, 15) is 4.79 Å². The van der Waals surface area contributed by atoms with Crippen molar-refractivity contribution < 1.29 is 4.79 Å². The summed E-state index contributed by atoms with van der Waals surface area (Å²) < 4.78 is 0.624. The molecule has 1 aromatic heterocycles. The molecule has 0 aliphatic carbocycles. The predicted octanol–water partition coefficient (Wildman–Crippen LogP) is 2.02. The molecule has 12 heavy (non-hydrogen) atoms. The zero-order chi connectivity index (χ0) is 8.97. The molecular weight excluding hydrogens is 212 g/mol. The molecular formula is C6H8N2OS3. The maximum absolute atomic E-state index is 11.1. The maximum atomic E-state index is 11.1. The van der Waals surface area contributed by atoms with Crippen LogP contribution in [0.2, 0.25) is 0 Å². The largest absolute Gasteiger partial charge is 0.287 e. The van der Waals surface area contributed by atoms with Crippen LogP contribution in [0, 0.1) is 3.95 Å². The Hall–Kier alpha value is -0.200. The van der Waals surface area contributed by atoms with Crippen LogP contribution in [0.4, 0.5) is 0 Å². The normalized spacial score (nSPS) is 10.1. The molecule has 0 aliphatic rings. The van der Waals surface area contributed by atoms with Gasteiger partial charge in [-0.3, -0.25) is 9.89 Å². The molecule has 0 radical (unpaired) electrons. The van der Waals surface area contributed by atoms with E-state index in [-0.39, 0.29) is 5.12 Å². The second-order valence-electron chi connectivity index (χ2n) is 1.99. The quantitative estimate of drug-likeness (QED) is 0.792. The number of aromatic nitrogens is 2. The lowest BCUT2D eigenvalue weighted by atomic mass is 10.5. The van der Waals surface area contributed by atoms with E-state index in [1.807, 2.05) is 6.92 Å². The van der Waals surface area contributed by atoms with Gasteiger partial charge in [-0.1, -0.05) is 30.0 Å². The number of carbonyl (C=O) groups is 1. The van der Waals surface area contributed by atoms with Crippen molar-refractivity contribution in [2.24, 2.45) is 0 Å². The fraction of sp³-hybridized carbons (Fsp3) is 0.500. The van der Waals surface area contributed by atoms with Gasteiger partial charge < -0.3 is 0 Å². The second kappa shape index (κ2) is 4.74. The Labute approximate surface area is 83.6 Å². The van der Waals surface area contributed by atoms with Crippen molar-refractivity contribution in [3.05, 3.63) is 8.96 Å². The summed E-state index contributed by atoms with van der Waals surface area (Å²) >= 11 is 7.50. The Bertz CT molecular complexity index is 317. The SMILES string of the molecule is CCSC(=O)Cc1n[nH]c(=S)s1. The van der Waals surface area contributed by atoms with E-state index >= 15 is 0 Å². The predicted molar refractivity (Wildman–Crippen MR) is 54.1 cm³/mol. The first-order valence-electron chi connectivity index (χ1n) is 3.42. The minimum absolute atomic E-state index is 0.148. The highest BCUT2D eigenvalue weighted by Gasteiger charge is 2.05. The van der Waals surface area contributed by atoms with Crippen LogP contribution < -0.4 is 0 Å². The fourth-order valence-electron chi connectivity index (χ4n) is 0.672. The van der Waals surface area contributed by atoms with Crippen LogP contribution in [-0.2, 0) is 11.2 Å². The third-order valence-electron chi connectivity index (χ3n) is 1.08. The van der Waals surface area contributed by atoms with E-state index in [0.717, 1.165) is 10.8 Å². The Balaban J connectivity index is 2.52. The molecule has 0 bridgehead atoms. The van der Waals surface area contributed by atoms with Gasteiger partial charge in [-0.2, -0.15) is 5.10 Å². The lowest BCUT2D eigenvalue weighted by Crippen LogP contribution is -1.97. The van der Waals surface area contributed by atoms with Gasteiger partial charge in [0.2, 0.25) is 0 Å². The smallest absolute Gasteiger partial charge is 0.195 e. The van der Waals surface area contributed by atoms with Crippen LogP contribution in [0.5, 0.6) is 0 Å². The maximum Gasteiger partial charge on any atom is 0.195 e. The first-order chi connectivity index (χ1) is 5.72. The summed E-state index contributed by atoms with van der Waals surface area (Å²) in [5.41, 5.74) is 0. The van der Waals surface area contributed by atoms with Crippen molar-refractivity contribution in [3.63, 3.8) is 0 Å². The van der Waals surface area contributed by atoms with E-state index in [0.29, 0.717) is 10.4 Å². The van der Waals surface area contributed by atoms with E-state index in [2.05, 4.69) is 10.2 Å². The van der Waals surface area contributed by atoms with Crippen molar-refractivity contribution in [2.45, 2.75) is 13.3 Å². The van der Waals surface area contributed by atoms with Gasteiger partial charge in [0.05, 0.1) is 6.42 Å². The number of rotatable bonds is 3. The minimum Gasteiger partial charge on any atom is -0.287 e. The van der Waals surface area contributed by atoms with Crippen molar-refractivity contribution in [1.29, 1.82) is 0 Å². The molecule has 0 atom stereocenters. The van der Waals surface area contributed by atoms with E-state index in [1.165, 1.54) is 23.1 Å². The molecule has 0 aromatic carbocycles. The van der Waals surface area contributed by atoms with Crippen LogP contribution in [-0.4, -0.2) is 21.1 Å². The molecule has 0 aliphatic heterocycles. The molecule has 0 unspecified atom stereocenters. The van der Waals surface area contributed by atoms with Crippen molar-refractivity contribution >= 4 is 40.4 Å². The summed E-state index contributed by atoms with van der Waals surface area (Å²) in [5.74, 6) is 0.814. The highest BCUT2D eigenvalue weighted by molar-refractivity contribution is 8.13. The third kappa shape index (κ3) is 3.04. The van der Waals surface area contributed by atoms with Gasteiger partial charge in [-0.25, -0.2) is 0 Å². The first kappa shape index (κ1) is 9.88. The van der Waals surface area contributed by atoms with Crippen LogP contribution in [0.15, 0.2) is 0 Å². The van der Waals surface area contributed by atoms with Crippen molar-refractivity contribution in [2.75, 3.05) is 5.75 Å². The van der Waals surface area contributed by atoms with Crippen LogP contribution >= 0.6 is 35.3 Å². The van der Waals surface area contributed by atoms with Gasteiger partial charge in [0.1, 0.15) is 5.01 Å². The lowest BCUT2D eigenvalue weighted by Gasteiger charge is -1.91. The molecule has 0 saturated heterocycles. The van der Waals surface area contributed by atoms with Gasteiger partial charge in [-0.15, -0.1) is 0 Å². The third-order valence-corrected chi connectivity index (χ3v) is 2.93. The van der Waals surface area contributed by atoms with Crippen molar-refractivity contribution in [1.82, 2.24) is 10.2 Å².